The molecule has 1 aromatic carbocycles. The predicted molar refractivity (Wildman–Crippen MR) is 85.6 cm³/mol. The summed E-state index contributed by atoms with van der Waals surface area (Å²) in [5, 5.41) is 9.58. The Balaban J connectivity index is 0.00000154. The maximum absolute atomic E-state index is 9.58. The van der Waals surface area contributed by atoms with Crippen LogP contribution >= 0.6 is 0 Å². The lowest BCUT2D eigenvalue weighted by Crippen LogP contribution is -2.17. The van der Waals surface area contributed by atoms with Crippen molar-refractivity contribution in [1.82, 2.24) is 0 Å². The molecule has 0 aromatic heterocycles. The maximum atomic E-state index is 9.58. The Bertz CT molecular complexity index is 323. The fourth-order valence-electron chi connectivity index (χ4n) is 2.11. The normalized spacial score (nSPS) is 10.8. The van der Waals surface area contributed by atoms with Crippen LogP contribution in [0.3, 0.4) is 0 Å². The van der Waals surface area contributed by atoms with Gasteiger partial charge in [0.05, 0.1) is 5.60 Å². The van der Waals surface area contributed by atoms with Gasteiger partial charge in [0.1, 0.15) is 0 Å². The first kappa shape index (κ1) is 18.2. The molecule has 0 fully saturated rings. The van der Waals surface area contributed by atoms with Crippen molar-refractivity contribution in [3.05, 3.63) is 35.4 Å². The van der Waals surface area contributed by atoms with Gasteiger partial charge in [0.25, 0.3) is 0 Å². The number of aryl methyl sites for hydroxylation is 2. The summed E-state index contributed by atoms with van der Waals surface area (Å²) in [6, 6.07) is 8.77. The van der Waals surface area contributed by atoms with Crippen LogP contribution in [0.4, 0.5) is 0 Å². The van der Waals surface area contributed by atoms with Gasteiger partial charge in [-0.1, -0.05) is 62.9 Å². The van der Waals surface area contributed by atoms with Gasteiger partial charge in [-0.05, 0) is 45.6 Å². The molecule has 0 saturated carbocycles. The van der Waals surface area contributed by atoms with E-state index in [-0.39, 0.29) is 0 Å². The minimum Gasteiger partial charge on any atom is -0.390 e. The number of benzene rings is 1. The third kappa shape index (κ3) is 10.8. The molecule has 0 spiro atoms. The van der Waals surface area contributed by atoms with E-state index in [9.17, 15) is 5.11 Å². The second kappa shape index (κ2) is 10.0. The molecule has 0 aliphatic rings. The van der Waals surface area contributed by atoms with Crippen LogP contribution in [0, 0.1) is 6.92 Å². The van der Waals surface area contributed by atoms with Crippen LogP contribution in [-0.2, 0) is 6.42 Å². The second-order valence-corrected chi connectivity index (χ2v) is 5.72. The van der Waals surface area contributed by atoms with E-state index in [1.807, 2.05) is 27.7 Å². The highest BCUT2D eigenvalue weighted by Crippen LogP contribution is 2.15. The molecular weight excluding hydrogens is 232 g/mol. The summed E-state index contributed by atoms with van der Waals surface area (Å²) >= 11 is 0. The summed E-state index contributed by atoms with van der Waals surface area (Å²) in [5.41, 5.74) is 2.31. The van der Waals surface area contributed by atoms with Gasteiger partial charge in [-0.15, -0.1) is 0 Å². The van der Waals surface area contributed by atoms with Crippen LogP contribution in [-0.4, -0.2) is 10.7 Å². The molecule has 0 bridgehead atoms. The summed E-state index contributed by atoms with van der Waals surface area (Å²) in [7, 11) is 0. The van der Waals surface area contributed by atoms with E-state index in [0.29, 0.717) is 0 Å². The molecule has 1 heteroatoms. The number of aliphatic hydroxyl groups is 1. The molecule has 19 heavy (non-hydrogen) atoms. The lowest BCUT2D eigenvalue weighted by atomic mass is 9.99. The molecule has 0 aliphatic heterocycles. The summed E-state index contributed by atoms with van der Waals surface area (Å²) in [6.07, 6.45) is 6.99. The van der Waals surface area contributed by atoms with Gasteiger partial charge in [-0.2, -0.15) is 0 Å². The first-order valence-corrected chi connectivity index (χ1v) is 7.75. The second-order valence-electron chi connectivity index (χ2n) is 5.72. The Labute approximate surface area is 120 Å². The minimum atomic E-state index is -0.490. The lowest BCUT2D eigenvalue weighted by molar-refractivity contribution is 0.0680. The molecule has 1 nitrogen and oxygen atoms in total. The fraction of sp³-hybridized carbons (Fsp3) is 0.667. The molecule has 0 amide bonds. The average Bonchev–Trinajstić information content (AvgIpc) is 2.35. The van der Waals surface area contributed by atoms with Crippen LogP contribution in [0.1, 0.15) is 70.9 Å². The highest BCUT2D eigenvalue weighted by molar-refractivity contribution is 5.22. The quantitative estimate of drug-likeness (QED) is 0.664. The Hall–Kier alpha value is -0.820. The van der Waals surface area contributed by atoms with E-state index in [1.54, 1.807) is 0 Å². The number of rotatable bonds is 7. The maximum Gasteiger partial charge on any atom is 0.0591 e. The smallest absolute Gasteiger partial charge is 0.0591 e. The topological polar surface area (TPSA) is 20.2 Å². The van der Waals surface area contributed by atoms with Crippen molar-refractivity contribution in [1.29, 1.82) is 0 Å². The van der Waals surface area contributed by atoms with Crippen molar-refractivity contribution >= 4 is 0 Å². The Kier molecular flexibility index (Phi) is 9.59. The summed E-state index contributed by atoms with van der Waals surface area (Å²) in [6.45, 7) is 9.92. The van der Waals surface area contributed by atoms with Crippen LogP contribution in [0.25, 0.3) is 0 Å². The van der Waals surface area contributed by atoms with Crippen molar-refractivity contribution in [3.63, 3.8) is 0 Å². The zero-order valence-corrected chi connectivity index (χ0v) is 13.5. The van der Waals surface area contributed by atoms with Gasteiger partial charge in [-0.3, -0.25) is 0 Å². The van der Waals surface area contributed by atoms with Crippen molar-refractivity contribution in [2.75, 3.05) is 0 Å². The van der Waals surface area contributed by atoms with Crippen molar-refractivity contribution < 1.29 is 5.11 Å². The first-order chi connectivity index (χ1) is 8.97. The minimum absolute atomic E-state index is 0.490. The van der Waals surface area contributed by atoms with Crippen molar-refractivity contribution in [3.8, 4) is 0 Å². The third-order valence-corrected chi connectivity index (χ3v) is 3.09. The van der Waals surface area contributed by atoms with E-state index < -0.39 is 5.60 Å². The molecule has 1 rings (SSSR count). The molecule has 0 unspecified atom stereocenters. The van der Waals surface area contributed by atoms with Gasteiger partial charge >= 0.3 is 0 Å². The van der Waals surface area contributed by atoms with Crippen LogP contribution in [0.2, 0.25) is 0 Å². The zero-order chi connectivity index (χ0) is 14.7. The van der Waals surface area contributed by atoms with E-state index in [4.69, 9.17) is 0 Å². The van der Waals surface area contributed by atoms with Gasteiger partial charge in [-0.25, -0.2) is 0 Å². The molecule has 0 aliphatic carbocycles. The lowest BCUT2D eigenvalue weighted by Gasteiger charge is -2.16. The average molecular weight is 264 g/mol. The van der Waals surface area contributed by atoms with E-state index in [2.05, 4.69) is 31.2 Å². The van der Waals surface area contributed by atoms with Gasteiger partial charge in [0.2, 0.25) is 0 Å². The van der Waals surface area contributed by atoms with Crippen molar-refractivity contribution in [2.45, 2.75) is 78.7 Å². The molecular formula is C18H32O. The fourth-order valence-corrected chi connectivity index (χ4v) is 2.11. The Morgan fingerprint density at radius 2 is 1.63 bits per heavy atom. The molecule has 110 valence electrons. The van der Waals surface area contributed by atoms with Gasteiger partial charge < -0.3 is 5.11 Å². The monoisotopic (exact) mass is 264 g/mol. The van der Waals surface area contributed by atoms with Gasteiger partial charge in [0, 0.05) is 0 Å². The Morgan fingerprint density at radius 3 is 2.21 bits per heavy atom. The van der Waals surface area contributed by atoms with E-state index in [0.717, 1.165) is 12.8 Å². The molecule has 0 atom stereocenters. The van der Waals surface area contributed by atoms with Crippen LogP contribution in [0.5, 0.6) is 0 Å². The Morgan fingerprint density at radius 1 is 1.00 bits per heavy atom. The number of hydrogen-bond donors (Lipinski definition) is 1. The molecule has 0 heterocycles. The molecule has 0 radical (unpaired) electrons. The number of unbranched alkanes of at least 4 members (excludes halogenated alkanes) is 3. The zero-order valence-electron chi connectivity index (χ0n) is 13.5. The summed E-state index contributed by atoms with van der Waals surface area (Å²) < 4.78 is 0. The SMILES string of the molecule is CC.Cc1cccc(CCCCCCC(C)(C)O)c1. The molecule has 1 N–H and O–H groups in total. The third-order valence-electron chi connectivity index (χ3n) is 3.09. The van der Waals surface area contributed by atoms with Crippen LogP contribution in [0.15, 0.2) is 24.3 Å². The largest absolute Gasteiger partial charge is 0.390 e. The van der Waals surface area contributed by atoms with Gasteiger partial charge in [0.15, 0.2) is 0 Å². The highest BCUT2D eigenvalue weighted by Gasteiger charge is 2.10. The molecule has 1 aromatic rings. The number of hydrogen-bond acceptors (Lipinski definition) is 1. The summed E-state index contributed by atoms with van der Waals surface area (Å²) in [5.74, 6) is 0. The van der Waals surface area contributed by atoms with E-state index >= 15 is 0 Å². The van der Waals surface area contributed by atoms with Crippen molar-refractivity contribution in [2.24, 2.45) is 0 Å². The van der Waals surface area contributed by atoms with E-state index in [1.165, 1.54) is 36.8 Å². The predicted octanol–water partition coefficient (Wildman–Crippen LogP) is 5.29. The highest BCUT2D eigenvalue weighted by atomic mass is 16.3. The molecule has 0 saturated heterocycles. The van der Waals surface area contributed by atoms with Crippen LogP contribution < -0.4 is 0 Å². The first-order valence-electron chi connectivity index (χ1n) is 7.75. The standard InChI is InChI=1S/C16H26O.C2H6/c1-14-9-8-11-15(13-14)10-6-4-5-7-12-16(2,3)17;1-2/h8-9,11,13,17H,4-7,10,12H2,1-3H3;1-2H3. The summed E-state index contributed by atoms with van der Waals surface area (Å²) in [4.78, 5) is 0.